The second kappa shape index (κ2) is 8.15. The molecule has 0 atom stereocenters. The van der Waals surface area contributed by atoms with Crippen molar-refractivity contribution in [2.24, 2.45) is 0 Å². The van der Waals surface area contributed by atoms with E-state index in [0.29, 0.717) is 0 Å². The summed E-state index contributed by atoms with van der Waals surface area (Å²) in [6.45, 7) is 3.99. The predicted molar refractivity (Wildman–Crippen MR) is 74.5 cm³/mol. The molecule has 0 bridgehead atoms. The van der Waals surface area contributed by atoms with Gasteiger partial charge >= 0.3 is 0 Å². The zero-order valence-corrected chi connectivity index (χ0v) is 11.6. The summed E-state index contributed by atoms with van der Waals surface area (Å²) in [5, 5.41) is 3.35. The fourth-order valence-corrected chi connectivity index (χ4v) is 2.14. The molecule has 4 nitrogen and oxygen atoms in total. The van der Waals surface area contributed by atoms with Crippen LogP contribution < -0.4 is 10.1 Å². The van der Waals surface area contributed by atoms with E-state index in [1.807, 2.05) is 18.2 Å². The van der Waals surface area contributed by atoms with Gasteiger partial charge in [-0.1, -0.05) is 18.2 Å². The second-order valence-corrected chi connectivity index (χ2v) is 4.71. The molecule has 0 radical (unpaired) electrons. The Morgan fingerprint density at radius 2 is 2.05 bits per heavy atom. The van der Waals surface area contributed by atoms with Crippen LogP contribution in [0.25, 0.3) is 0 Å². The SMILES string of the molecule is COCCNCc1ccccc1OC1CCOCC1. The van der Waals surface area contributed by atoms with Gasteiger partial charge in [0.1, 0.15) is 11.9 Å². The molecule has 1 fully saturated rings. The first-order valence-electron chi connectivity index (χ1n) is 6.92. The van der Waals surface area contributed by atoms with Crippen LogP contribution in [-0.4, -0.2) is 39.6 Å². The van der Waals surface area contributed by atoms with Crippen molar-refractivity contribution in [1.82, 2.24) is 5.32 Å². The van der Waals surface area contributed by atoms with Gasteiger partial charge in [-0.3, -0.25) is 0 Å². The lowest BCUT2D eigenvalue weighted by Crippen LogP contribution is -2.26. The number of rotatable bonds is 7. The van der Waals surface area contributed by atoms with Crippen LogP contribution in [0.1, 0.15) is 18.4 Å². The topological polar surface area (TPSA) is 39.7 Å². The van der Waals surface area contributed by atoms with Crippen molar-refractivity contribution in [2.75, 3.05) is 33.5 Å². The van der Waals surface area contributed by atoms with Gasteiger partial charge in [-0.15, -0.1) is 0 Å². The van der Waals surface area contributed by atoms with E-state index < -0.39 is 0 Å². The monoisotopic (exact) mass is 265 g/mol. The van der Waals surface area contributed by atoms with Crippen molar-refractivity contribution in [3.63, 3.8) is 0 Å². The van der Waals surface area contributed by atoms with Gasteiger partial charge in [-0.25, -0.2) is 0 Å². The quantitative estimate of drug-likeness (QED) is 0.765. The number of methoxy groups -OCH3 is 1. The van der Waals surface area contributed by atoms with E-state index in [9.17, 15) is 0 Å². The molecular formula is C15H23NO3. The second-order valence-electron chi connectivity index (χ2n) is 4.71. The highest BCUT2D eigenvalue weighted by atomic mass is 16.5. The molecule has 1 aromatic rings. The third-order valence-electron chi connectivity index (χ3n) is 3.23. The Morgan fingerprint density at radius 1 is 1.26 bits per heavy atom. The van der Waals surface area contributed by atoms with Gasteiger partial charge in [-0.05, 0) is 6.07 Å². The largest absolute Gasteiger partial charge is 0.490 e. The first-order valence-corrected chi connectivity index (χ1v) is 6.92. The summed E-state index contributed by atoms with van der Waals surface area (Å²) in [6, 6.07) is 8.22. The van der Waals surface area contributed by atoms with Crippen molar-refractivity contribution < 1.29 is 14.2 Å². The molecular weight excluding hydrogens is 242 g/mol. The van der Waals surface area contributed by atoms with E-state index in [1.165, 1.54) is 5.56 Å². The Balaban J connectivity index is 1.87. The van der Waals surface area contributed by atoms with Crippen LogP contribution in [0.3, 0.4) is 0 Å². The van der Waals surface area contributed by atoms with Crippen LogP contribution in [0.2, 0.25) is 0 Å². The lowest BCUT2D eigenvalue weighted by Gasteiger charge is -2.24. The zero-order chi connectivity index (χ0) is 13.3. The number of nitrogens with one attached hydrogen (secondary N) is 1. The Kier molecular flexibility index (Phi) is 6.14. The summed E-state index contributed by atoms with van der Waals surface area (Å²) >= 11 is 0. The van der Waals surface area contributed by atoms with E-state index in [4.69, 9.17) is 14.2 Å². The molecule has 1 N–H and O–H groups in total. The van der Waals surface area contributed by atoms with Gasteiger partial charge in [0.15, 0.2) is 0 Å². The lowest BCUT2D eigenvalue weighted by atomic mass is 10.1. The summed E-state index contributed by atoms with van der Waals surface area (Å²) in [5.41, 5.74) is 1.20. The maximum atomic E-state index is 6.09. The molecule has 1 aliphatic rings. The average molecular weight is 265 g/mol. The Morgan fingerprint density at radius 3 is 2.84 bits per heavy atom. The number of benzene rings is 1. The molecule has 0 unspecified atom stereocenters. The number of para-hydroxylation sites is 1. The van der Waals surface area contributed by atoms with Crippen molar-refractivity contribution in [1.29, 1.82) is 0 Å². The van der Waals surface area contributed by atoms with E-state index >= 15 is 0 Å². The summed E-state index contributed by atoms with van der Waals surface area (Å²) < 4.78 is 16.5. The zero-order valence-electron chi connectivity index (χ0n) is 11.6. The minimum absolute atomic E-state index is 0.286. The van der Waals surface area contributed by atoms with Crippen molar-refractivity contribution in [3.05, 3.63) is 29.8 Å². The normalized spacial score (nSPS) is 16.5. The van der Waals surface area contributed by atoms with Crippen molar-refractivity contribution >= 4 is 0 Å². The van der Waals surface area contributed by atoms with Crippen molar-refractivity contribution in [3.8, 4) is 5.75 Å². The maximum absolute atomic E-state index is 6.09. The van der Waals surface area contributed by atoms with Crippen LogP contribution in [0.4, 0.5) is 0 Å². The fourth-order valence-electron chi connectivity index (χ4n) is 2.14. The molecule has 1 aromatic carbocycles. The van der Waals surface area contributed by atoms with Crippen LogP contribution in [0, 0.1) is 0 Å². The Bertz CT molecular complexity index is 364. The molecule has 2 rings (SSSR count). The molecule has 1 saturated heterocycles. The number of ether oxygens (including phenoxy) is 3. The Labute approximate surface area is 115 Å². The highest BCUT2D eigenvalue weighted by Gasteiger charge is 2.16. The fraction of sp³-hybridized carbons (Fsp3) is 0.600. The van der Waals surface area contributed by atoms with E-state index in [1.54, 1.807) is 7.11 Å². The van der Waals surface area contributed by atoms with Crippen LogP contribution in [0.15, 0.2) is 24.3 Å². The molecule has 19 heavy (non-hydrogen) atoms. The molecule has 0 amide bonds. The minimum Gasteiger partial charge on any atom is -0.490 e. The highest BCUT2D eigenvalue weighted by molar-refractivity contribution is 5.33. The lowest BCUT2D eigenvalue weighted by molar-refractivity contribution is 0.0251. The molecule has 1 heterocycles. The van der Waals surface area contributed by atoms with Gasteiger partial charge in [0, 0.05) is 38.6 Å². The van der Waals surface area contributed by atoms with Gasteiger partial charge < -0.3 is 19.5 Å². The molecule has 106 valence electrons. The van der Waals surface area contributed by atoms with Gasteiger partial charge in [0.2, 0.25) is 0 Å². The first-order chi connectivity index (χ1) is 9.40. The third kappa shape index (κ3) is 4.82. The standard InChI is InChI=1S/C15H23NO3/c1-17-11-8-16-12-13-4-2-3-5-15(13)19-14-6-9-18-10-7-14/h2-5,14,16H,6-12H2,1H3. The highest BCUT2D eigenvalue weighted by Crippen LogP contribution is 2.22. The van der Waals surface area contributed by atoms with Crippen LogP contribution in [-0.2, 0) is 16.0 Å². The van der Waals surface area contributed by atoms with E-state index in [0.717, 1.165) is 51.5 Å². The first kappa shape index (κ1) is 14.3. The summed E-state index contributed by atoms with van der Waals surface area (Å²) in [7, 11) is 1.71. The smallest absolute Gasteiger partial charge is 0.124 e. The minimum atomic E-state index is 0.286. The van der Waals surface area contributed by atoms with Gasteiger partial charge in [0.25, 0.3) is 0 Å². The van der Waals surface area contributed by atoms with Gasteiger partial charge in [-0.2, -0.15) is 0 Å². The van der Waals surface area contributed by atoms with Gasteiger partial charge in [0.05, 0.1) is 19.8 Å². The number of hydrogen-bond acceptors (Lipinski definition) is 4. The van der Waals surface area contributed by atoms with E-state index in [-0.39, 0.29) is 6.10 Å². The van der Waals surface area contributed by atoms with Crippen LogP contribution >= 0.6 is 0 Å². The molecule has 0 saturated carbocycles. The molecule has 0 aromatic heterocycles. The molecule has 0 spiro atoms. The summed E-state index contributed by atoms with van der Waals surface area (Å²) in [5.74, 6) is 0.985. The molecule has 1 aliphatic heterocycles. The molecule has 0 aliphatic carbocycles. The van der Waals surface area contributed by atoms with Crippen molar-refractivity contribution in [2.45, 2.75) is 25.5 Å². The Hall–Kier alpha value is -1.10. The van der Waals surface area contributed by atoms with Crippen LogP contribution in [0.5, 0.6) is 5.75 Å². The maximum Gasteiger partial charge on any atom is 0.124 e. The summed E-state index contributed by atoms with van der Waals surface area (Å²) in [4.78, 5) is 0. The summed E-state index contributed by atoms with van der Waals surface area (Å²) in [6.07, 6.45) is 2.24. The molecule has 4 heteroatoms. The average Bonchev–Trinajstić information content (AvgIpc) is 2.46. The number of hydrogen-bond donors (Lipinski definition) is 1. The predicted octanol–water partition coefficient (Wildman–Crippen LogP) is 1.98. The van der Waals surface area contributed by atoms with E-state index in [2.05, 4.69) is 11.4 Å². The third-order valence-corrected chi connectivity index (χ3v) is 3.23.